The number of aromatic amines is 1. The molecule has 1 saturated carbocycles. The quantitative estimate of drug-likeness (QED) is 0.359. The lowest BCUT2D eigenvalue weighted by atomic mass is 10.2. The number of amides is 1. The Kier molecular flexibility index (Phi) is 6.86. The van der Waals surface area contributed by atoms with Crippen molar-refractivity contribution in [1.82, 2.24) is 20.1 Å². The van der Waals surface area contributed by atoms with E-state index in [4.69, 9.17) is 21.7 Å². The van der Waals surface area contributed by atoms with Gasteiger partial charge in [0.05, 0.1) is 20.3 Å². The Labute approximate surface area is 169 Å². The molecule has 150 valence electrons. The van der Waals surface area contributed by atoms with Crippen molar-refractivity contribution in [3.05, 3.63) is 40.4 Å². The summed E-state index contributed by atoms with van der Waals surface area (Å²) in [6, 6.07) is 6.02. The Hall–Kier alpha value is -2.61. The number of carbonyl (C=O) groups excluding carboxylic acids is 1. The van der Waals surface area contributed by atoms with Gasteiger partial charge in [-0.1, -0.05) is 19.4 Å². The fraction of sp³-hybridized carbons (Fsp3) is 0.450. The molecule has 3 rings (SSSR count). The van der Waals surface area contributed by atoms with E-state index in [0.29, 0.717) is 35.5 Å². The molecule has 2 aromatic rings. The summed E-state index contributed by atoms with van der Waals surface area (Å²) in [7, 11) is 1.61. The summed E-state index contributed by atoms with van der Waals surface area (Å²) in [5, 5.41) is 9.85. The van der Waals surface area contributed by atoms with E-state index in [1.54, 1.807) is 13.2 Å². The van der Waals surface area contributed by atoms with Crippen LogP contribution < -0.4 is 14.8 Å². The average molecular weight is 403 g/mol. The molecule has 0 aliphatic heterocycles. The minimum absolute atomic E-state index is 0.196. The van der Waals surface area contributed by atoms with E-state index in [1.165, 1.54) is 6.08 Å². The Balaban J connectivity index is 1.57. The second-order valence-electron chi connectivity index (χ2n) is 6.71. The third-order valence-electron chi connectivity index (χ3n) is 4.48. The molecule has 0 atom stereocenters. The first kappa shape index (κ1) is 20.1. The number of nitrogens with one attached hydrogen (secondary N) is 2. The maximum atomic E-state index is 12.2. The van der Waals surface area contributed by atoms with Crippen molar-refractivity contribution in [3.8, 4) is 11.5 Å². The number of unbranched alkanes of at least 4 members (excludes halogenated alkanes) is 1. The highest BCUT2D eigenvalue weighted by Gasteiger charge is 2.27. The lowest BCUT2D eigenvalue weighted by Gasteiger charge is -2.11. The van der Waals surface area contributed by atoms with Crippen molar-refractivity contribution in [3.63, 3.8) is 0 Å². The maximum absolute atomic E-state index is 12.2. The van der Waals surface area contributed by atoms with E-state index in [9.17, 15) is 4.79 Å². The molecule has 0 radical (unpaired) electrons. The number of H-pyrrole nitrogens is 1. The minimum Gasteiger partial charge on any atom is -0.493 e. The van der Waals surface area contributed by atoms with Crippen LogP contribution in [0.2, 0.25) is 0 Å². The molecule has 7 nitrogen and oxygen atoms in total. The van der Waals surface area contributed by atoms with Crippen molar-refractivity contribution in [2.75, 3.05) is 13.7 Å². The van der Waals surface area contributed by atoms with E-state index in [0.717, 1.165) is 37.1 Å². The van der Waals surface area contributed by atoms with Crippen LogP contribution in [0.1, 0.15) is 50.0 Å². The van der Waals surface area contributed by atoms with Gasteiger partial charge in [-0.05, 0) is 55.3 Å². The summed E-state index contributed by atoms with van der Waals surface area (Å²) in [5.41, 5.74) is 0.857. The number of hydrogen-bond acceptors (Lipinski definition) is 5. The molecule has 0 saturated heterocycles. The number of rotatable bonds is 10. The zero-order valence-electron chi connectivity index (χ0n) is 16.2. The number of benzene rings is 1. The fourth-order valence-corrected chi connectivity index (χ4v) is 3.10. The molecule has 28 heavy (non-hydrogen) atoms. The molecule has 0 bridgehead atoms. The third kappa shape index (κ3) is 5.22. The number of nitrogens with zero attached hydrogens (tertiary/aromatic N) is 2. The fourth-order valence-electron chi connectivity index (χ4n) is 2.80. The monoisotopic (exact) mass is 402 g/mol. The number of methoxy groups -OCH3 is 1. The highest BCUT2D eigenvalue weighted by Crippen LogP contribution is 2.35. The first-order chi connectivity index (χ1) is 13.6. The Morgan fingerprint density at radius 3 is 2.96 bits per heavy atom. The van der Waals surface area contributed by atoms with Gasteiger partial charge in [0.25, 0.3) is 0 Å². The van der Waals surface area contributed by atoms with Gasteiger partial charge in [-0.25, -0.2) is 0 Å². The van der Waals surface area contributed by atoms with Crippen LogP contribution in [0.4, 0.5) is 0 Å². The lowest BCUT2D eigenvalue weighted by Crippen LogP contribution is -2.22. The van der Waals surface area contributed by atoms with Gasteiger partial charge in [-0.15, -0.1) is 0 Å². The van der Waals surface area contributed by atoms with E-state index in [1.807, 2.05) is 22.8 Å². The van der Waals surface area contributed by atoms with Gasteiger partial charge in [0.15, 0.2) is 22.1 Å². The summed E-state index contributed by atoms with van der Waals surface area (Å²) in [5.74, 6) is 1.92. The van der Waals surface area contributed by atoms with Crippen LogP contribution >= 0.6 is 12.2 Å². The largest absolute Gasteiger partial charge is 0.493 e. The second-order valence-corrected chi connectivity index (χ2v) is 7.10. The van der Waals surface area contributed by atoms with Gasteiger partial charge in [0.2, 0.25) is 5.91 Å². The summed E-state index contributed by atoms with van der Waals surface area (Å²) in [6.45, 7) is 3.11. The molecule has 8 heteroatoms. The van der Waals surface area contributed by atoms with Crippen molar-refractivity contribution < 1.29 is 14.3 Å². The van der Waals surface area contributed by atoms with Gasteiger partial charge < -0.3 is 14.8 Å². The molecule has 1 fully saturated rings. The highest BCUT2D eigenvalue weighted by atomic mass is 32.1. The predicted octanol–water partition coefficient (Wildman–Crippen LogP) is 3.79. The zero-order valence-corrected chi connectivity index (χ0v) is 17.1. The molecular formula is C20H26N4O3S. The van der Waals surface area contributed by atoms with Crippen molar-refractivity contribution in [2.24, 2.45) is 0 Å². The summed E-state index contributed by atoms with van der Waals surface area (Å²) >= 11 is 5.25. The molecule has 2 N–H and O–H groups in total. The van der Waals surface area contributed by atoms with Gasteiger partial charge in [0.1, 0.15) is 0 Å². The molecule has 0 spiro atoms. The van der Waals surface area contributed by atoms with Gasteiger partial charge in [-0.2, -0.15) is 5.10 Å². The molecule has 1 aliphatic rings. The van der Waals surface area contributed by atoms with Crippen LogP contribution in [0.3, 0.4) is 0 Å². The van der Waals surface area contributed by atoms with E-state index < -0.39 is 0 Å². The number of hydrogen-bond donors (Lipinski definition) is 2. The number of carbonyl (C=O) groups is 1. The van der Waals surface area contributed by atoms with Crippen LogP contribution in [-0.2, 0) is 11.3 Å². The molecule has 1 amide bonds. The highest BCUT2D eigenvalue weighted by molar-refractivity contribution is 7.71. The van der Waals surface area contributed by atoms with Crippen LogP contribution in [0.5, 0.6) is 11.5 Å². The van der Waals surface area contributed by atoms with Crippen molar-refractivity contribution in [1.29, 1.82) is 0 Å². The molecule has 1 aliphatic carbocycles. The van der Waals surface area contributed by atoms with Crippen LogP contribution in [0.25, 0.3) is 6.08 Å². The van der Waals surface area contributed by atoms with E-state index >= 15 is 0 Å². The van der Waals surface area contributed by atoms with Crippen LogP contribution in [-0.4, -0.2) is 34.4 Å². The second kappa shape index (κ2) is 9.54. The Morgan fingerprint density at radius 1 is 1.43 bits per heavy atom. The normalized spacial score (nSPS) is 13.6. The molecule has 1 heterocycles. The van der Waals surface area contributed by atoms with Gasteiger partial charge in [-0.3, -0.25) is 14.5 Å². The van der Waals surface area contributed by atoms with Crippen LogP contribution in [0.15, 0.2) is 24.3 Å². The smallest absolute Gasteiger partial charge is 0.244 e. The SMILES string of the molecule is CCCCOc1ccc(/C=C/C(=O)NCc2n[nH]c(=S)n2C2CC2)cc1OC. The third-order valence-corrected chi connectivity index (χ3v) is 4.77. The average Bonchev–Trinajstić information content (AvgIpc) is 3.47. The first-order valence-electron chi connectivity index (χ1n) is 9.55. The summed E-state index contributed by atoms with van der Waals surface area (Å²) in [6.07, 6.45) is 7.52. The zero-order chi connectivity index (χ0) is 19.9. The topological polar surface area (TPSA) is 81.2 Å². The molecule has 0 unspecified atom stereocenters. The maximum Gasteiger partial charge on any atom is 0.244 e. The molecule has 1 aromatic heterocycles. The Morgan fingerprint density at radius 2 is 2.25 bits per heavy atom. The standard InChI is InChI=1S/C20H26N4O3S/c1-3-4-11-27-16-9-5-14(12-17(16)26-2)6-10-19(25)21-13-18-22-23-20(28)24(18)15-7-8-15/h5-6,9-10,12,15H,3-4,7-8,11,13H2,1-2H3,(H,21,25)(H,23,28)/b10-6+. The van der Waals surface area contributed by atoms with Crippen LogP contribution in [0, 0.1) is 4.77 Å². The minimum atomic E-state index is -0.196. The van der Waals surface area contributed by atoms with Crippen molar-refractivity contribution >= 4 is 24.2 Å². The Bertz CT molecular complexity index is 899. The van der Waals surface area contributed by atoms with Crippen molar-refractivity contribution in [2.45, 2.75) is 45.2 Å². The van der Waals surface area contributed by atoms with Gasteiger partial charge >= 0.3 is 0 Å². The molecule has 1 aromatic carbocycles. The number of ether oxygens (including phenoxy) is 2. The molecular weight excluding hydrogens is 376 g/mol. The summed E-state index contributed by atoms with van der Waals surface area (Å²) < 4.78 is 13.7. The van der Waals surface area contributed by atoms with E-state index in [-0.39, 0.29) is 5.91 Å². The summed E-state index contributed by atoms with van der Waals surface area (Å²) in [4.78, 5) is 12.2. The first-order valence-corrected chi connectivity index (χ1v) is 9.95. The lowest BCUT2D eigenvalue weighted by molar-refractivity contribution is -0.116. The van der Waals surface area contributed by atoms with Gasteiger partial charge in [0, 0.05) is 12.1 Å². The number of aromatic nitrogens is 3. The van der Waals surface area contributed by atoms with E-state index in [2.05, 4.69) is 22.4 Å². The predicted molar refractivity (Wildman–Crippen MR) is 110 cm³/mol.